The number of hydrogen-bond donors (Lipinski definition) is 0. The van der Waals surface area contributed by atoms with Gasteiger partial charge in [-0.1, -0.05) is 47.6 Å². The van der Waals surface area contributed by atoms with Gasteiger partial charge in [0, 0.05) is 5.56 Å². The summed E-state index contributed by atoms with van der Waals surface area (Å²) in [5.41, 5.74) is 1.49. The number of nitrogens with zero attached hydrogens (tertiary/aromatic N) is 3. The van der Waals surface area contributed by atoms with Crippen LogP contribution in [0.2, 0.25) is 5.02 Å². The highest BCUT2D eigenvalue weighted by molar-refractivity contribution is 8.00. The Kier molecular flexibility index (Phi) is 6.59. The number of halogens is 1. The van der Waals surface area contributed by atoms with Gasteiger partial charge < -0.3 is 9.47 Å². The Balaban J connectivity index is 2.14. The first-order valence-corrected chi connectivity index (χ1v) is 9.99. The lowest BCUT2D eigenvalue weighted by Gasteiger charge is -2.15. The predicted molar refractivity (Wildman–Crippen MR) is 110 cm³/mol. The molecule has 0 radical (unpaired) electrons. The number of methoxy groups -OCH3 is 1. The summed E-state index contributed by atoms with van der Waals surface area (Å²) < 4.78 is 12.5. The Morgan fingerprint density at radius 1 is 1.18 bits per heavy atom. The third kappa shape index (κ3) is 4.15. The SMILES string of the molecule is CCOC(=O)[C@H](C)Sc1nnc(-c2ccccc2Cl)n1-c1ccccc1OC. The summed E-state index contributed by atoms with van der Waals surface area (Å²) >= 11 is 7.68. The Morgan fingerprint density at radius 3 is 2.61 bits per heavy atom. The lowest BCUT2D eigenvalue weighted by atomic mass is 10.2. The number of carbonyl (C=O) groups is 1. The third-order valence-electron chi connectivity index (χ3n) is 3.97. The zero-order valence-corrected chi connectivity index (χ0v) is 17.3. The van der Waals surface area contributed by atoms with Crippen LogP contribution >= 0.6 is 23.4 Å². The largest absolute Gasteiger partial charge is 0.495 e. The molecule has 0 fully saturated rings. The molecule has 0 saturated carbocycles. The van der Waals surface area contributed by atoms with Crippen LogP contribution in [0.25, 0.3) is 17.1 Å². The van der Waals surface area contributed by atoms with Crippen molar-refractivity contribution in [2.24, 2.45) is 0 Å². The number of esters is 1. The van der Waals surface area contributed by atoms with Crippen LogP contribution in [0.4, 0.5) is 0 Å². The zero-order valence-electron chi connectivity index (χ0n) is 15.8. The lowest BCUT2D eigenvalue weighted by molar-refractivity contribution is -0.142. The van der Waals surface area contributed by atoms with Gasteiger partial charge in [0.15, 0.2) is 11.0 Å². The van der Waals surface area contributed by atoms with Crippen LogP contribution in [0.1, 0.15) is 13.8 Å². The number of thioether (sulfide) groups is 1. The fourth-order valence-corrected chi connectivity index (χ4v) is 3.74. The van der Waals surface area contributed by atoms with Crippen molar-refractivity contribution >= 4 is 29.3 Å². The van der Waals surface area contributed by atoms with E-state index in [1.54, 1.807) is 27.0 Å². The Morgan fingerprint density at radius 2 is 1.89 bits per heavy atom. The minimum absolute atomic E-state index is 0.304. The van der Waals surface area contributed by atoms with Gasteiger partial charge in [-0.3, -0.25) is 9.36 Å². The zero-order chi connectivity index (χ0) is 20.1. The van der Waals surface area contributed by atoms with E-state index in [-0.39, 0.29) is 5.97 Å². The first-order chi connectivity index (χ1) is 13.6. The summed E-state index contributed by atoms with van der Waals surface area (Å²) in [6.45, 7) is 3.88. The molecule has 1 aromatic heterocycles. The fraction of sp³-hybridized carbons (Fsp3) is 0.250. The van der Waals surface area contributed by atoms with Gasteiger partial charge in [-0.15, -0.1) is 10.2 Å². The van der Waals surface area contributed by atoms with Crippen LogP contribution < -0.4 is 4.74 Å². The molecule has 1 heterocycles. The molecular formula is C20H20ClN3O3S. The normalized spacial score (nSPS) is 11.9. The van der Waals surface area contributed by atoms with E-state index < -0.39 is 5.25 Å². The molecule has 0 saturated heterocycles. The lowest BCUT2D eigenvalue weighted by Crippen LogP contribution is -2.17. The van der Waals surface area contributed by atoms with Crippen LogP contribution in [-0.2, 0) is 9.53 Å². The molecule has 0 aliphatic rings. The quantitative estimate of drug-likeness (QED) is 0.412. The van der Waals surface area contributed by atoms with Crippen molar-refractivity contribution in [3.05, 3.63) is 53.6 Å². The van der Waals surface area contributed by atoms with E-state index in [1.165, 1.54) is 11.8 Å². The molecule has 0 spiro atoms. The third-order valence-corrected chi connectivity index (χ3v) is 5.33. The van der Waals surface area contributed by atoms with Crippen LogP contribution in [-0.4, -0.2) is 39.7 Å². The average molecular weight is 418 g/mol. The summed E-state index contributed by atoms with van der Waals surface area (Å²) in [5.74, 6) is 0.913. The van der Waals surface area contributed by atoms with Gasteiger partial charge in [0.1, 0.15) is 11.0 Å². The van der Waals surface area contributed by atoms with Crippen molar-refractivity contribution in [2.45, 2.75) is 24.3 Å². The topological polar surface area (TPSA) is 66.2 Å². The number of para-hydroxylation sites is 2. The maximum Gasteiger partial charge on any atom is 0.319 e. The van der Waals surface area contributed by atoms with Crippen LogP contribution in [0.5, 0.6) is 5.75 Å². The number of aromatic nitrogens is 3. The van der Waals surface area contributed by atoms with Crippen molar-refractivity contribution in [3.63, 3.8) is 0 Å². The number of ether oxygens (including phenoxy) is 2. The highest BCUT2D eigenvalue weighted by Gasteiger charge is 2.24. The van der Waals surface area contributed by atoms with E-state index in [4.69, 9.17) is 21.1 Å². The van der Waals surface area contributed by atoms with Crippen molar-refractivity contribution < 1.29 is 14.3 Å². The Bertz CT molecular complexity index is 977. The fourth-order valence-electron chi connectivity index (χ4n) is 2.66. The monoisotopic (exact) mass is 417 g/mol. The van der Waals surface area contributed by atoms with Crippen LogP contribution in [0.3, 0.4) is 0 Å². The van der Waals surface area contributed by atoms with Gasteiger partial charge >= 0.3 is 5.97 Å². The molecule has 8 heteroatoms. The summed E-state index contributed by atoms with van der Waals surface area (Å²) in [7, 11) is 1.60. The number of benzene rings is 2. The van der Waals surface area contributed by atoms with Gasteiger partial charge in [0.05, 0.1) is 24.4 Å². The van der Waals surface area contributed by atoms with Gasteiger partial charge in [-0.2, -0.15) is 0 Å². The summed E-state index contributed by atoms with van der Waals surface area (Å²) in [6, 6.07) is 15.0. The second-order valence-corrected chi connectivity index (χ2v) is 7.52. The van der Waals surface area contributed by atoms with Crippen molar-refractivity contribution in [2.75, 3.05) is 13.7 Å². The molecule has 0 bridgehead atoms. The molecule has 1 atom stereocenters. The maximum atomic E-state index is 12.1. The van der Waals surface area contributed by atoms with E-state index in [2.05, 4.69) is 10.2 Å². The van der Waals surface area contributed by atoms with E-state index in [9.17, 15) is 4.79 Å². The molecule has 3 aromatic rings. The first-order valence-electron chi connectivity index (χ1n) is 8.73. The van der Waals surface area contributed by atoms with E-state index in [0.717, 1.165) is 11.3 Å². The second kappa shape index (κ2) is 9.12. The summed E-state index contributed by atoms with van der Waals surface area (Å²) in [6.07, 6.45) is 0. The molecule has 2 aromatic carbocycles. The minimum Gasteiger partial charge on any atom is -0.495 e. The number of carbonyl (C=O) groups excluding carboxylic acids is 1. The molecular weight excluding hydrogens is 398 g/mol. The smallest absolute Gasteiger partial charge is 0.319 e. The van der Waals surface area contributed by atoms with Crippen molar-refractivity contribution in [1.82, 2.24) is 14.8 Å². The van der Waals surface area contributed by atoms with Crippen molar-refractivity contribution in [1.29, 1.82) is 0 Å². The minimum atomic E-state index is -0.447. The molecule has 146 valence electrons. The number of rotatable bonds is 7. The highest BCUT2D eigenvalue weighted by Crippen LogP contribution is 2.36. The van der Waals surface area contributed by atoms with Gasteiger partial charge in [-0.25, -0.2) is 0 Å². The second-order valence-electron chi connectivity index (χ2n) is 5.81. The predicted octanol–water partition coefficient (Wildman–Crippen LogP) is 4.64. The van der Waals surface area contributed by atoms with Gasteiger partial charge in [0.2, 0.25) is 0 Å². The summed E-state index contributed by atoms with van der Waals surface area (Å²) in [5, 5.41) is 9.33. The molecule has 28 heavy (non-hydrogen) atoms. The molecule has 3 rings (SSSR count). The van der Waals surface area contributed by atoms with Crippen molar-refractivity contribution in [3.8, 4) is 22.8 Å². The molecule has 0 N–H and O–H groups in total. The Labute approximate surface area is 172 Å². The highest BCUT2D eigenvalue weighted by atomic mass is 35.5. The Hall–Kier alpha value is -2.51. The molecule has 6 nitrogen and oxygen atoms in total. The maximum absolute atomic E-state index is 12.1. The first kappa shape index (κ1) is 20.2. The molecule has 0 aliphatic heterocycles. The van der Waals surface area contributed by atoms with Gasteiger partial charge in [0.25, 0.3) is 0 Å². The molecule has 0 aliphatic carbocycles. The van der Waals surface area contributed by atoms with E-state index in [0.29, 0.717) is 28.4 Å². The van der Waals surface area contributed by atoms with E-state index >= 15 is 0 Å². The molecule has 0 unspecified atom stereocenters. The average Bonchev–Trinajstić information content (AvgIpc) is 3.11. The standard InChI is InChI=1S/C20H20ClN3O3S/c1-4-27-19(25)13(2)28-20-23-22-18(14-9-5-6-10-15(14)21)24(20)16-11-7-8-12-17(16)26-3/h5-13H,4H2,1-3H3/t13-/m0/s1. The summed E-state index contributed by atoms with van der Waals surface area (Å²) in [4.78, 5) is 12.1. The van der Waals surface area contributed by atoms with Crippen LogP contribution in [0.15, 0.2) is 53.7 Å². The molecule has 0 amide bonds. The van der Waals surface area contributed by atoms with Crippen LogP contribution in [0, 0.1) is 0 Å². The van der Waals surface area contributed by atoms with Gasteiger partial charge in [-0.05, 0) is 38.1 Å². The van der Waals surface area contributed by atoms with E-state index in [1.807, 2.05) is 47.0 Å². The number of hydrogen-bond acceptors (Lipinski definition) is 6.